The van der Waals surface area contributed by atoms with Crippen LogP contribution in [0.4, 0.5) is 0 Å². The Morgan fingerprint density at radius 3 is 2.21 bits per heavy atom. The fraction of sp³-hybridized carbons (Fsp3) is 0.158. The van der Waals surface area contributed by atoms with E-state index in [1.807, 2.05) is 25.1 Å². The molecule has 0 spiro atoms. The number of methoxy groups -OCH3 is 2. The van der Waals surface area contributed by atoms with Crippen LogP contribution < -0.4 is 9.47 Å². The topological polar surface area (TPSA) is 68.7 Å². The van der Waals surface area contributed by atoms with Crippen molar-refractivity contribution in [3.05, 3.63) is 53.7 Å². The zero-order chi connectivity index (χ0) is 17.3. The van der Waals surface area contributed by atoms with Gasteiger partial charge in [0.05, 0.1) is 25.5 Å². The Labute approximate surface area is 139 Å². The van der Waals surface area contributed by atoms with Gasteiger partial charge in [-0.3, -0.25) is 4.98 Å². The minimum atomic E-state index is -0.943. The molecule has 5 heteroatoms. The third-order valence-electron chi connectivity index (χ3n) is 3.95. The molecule has 5 nitrogen and oxygen atoms in total. The van der Waals surface area contributed by atoms with Crippen molar-refractivity contribution in [2.24, 2.45) is 0 Å². The Kier molecular flexibility index (Phi) is 4.08. The molecular weight excluding hydrogens is 306 g/mol. The van der Waals surface area contributed by atoms with Gasteiger partial charge in [0.15, 0.2) is 11.5 Å². The van der Waals surface area contributed by atoms with Crippen molar-refractivity contribution in [1.29, 1.82) is 0 Å². The summed E-state index contributed by atoms with van der Waals surface area (Å²) >= 11 is 0. The molecule has 0 bridgehead atoms. The Balaban J connectivity index is 2.14. The first-order valence-electron chi connectivity index (χ1n) is 7.40. The summed E-state index contributed by atoms with van der Waals surface area (Å²) in [4.78, 5) is 15.6. The summed E-state index contributed by atoms with van der Waals surface area (Å²) in [5.41, 5.74) is 2.76. The van der Waals surface area contributed by atoms with Crippen LogP contribution in [0.1, 0.15) is 16.1 Å². The zero-order valence-corrected chi connectivity index (χ0v) is 13.7. The van der Waals surface area contributed by atoms with Crippen molar-refractivity contribution in [3.63, 3.8) is 0 Å². The number of fused-ring (bicyclic) bond motifs is 1. The molecule has 1 N–H and O–H groups in total. The van der Waals surface area contributed by atoms with E-state index in [0.29, 0.717) is 11.5 Å². The normalized spacial score (nSPS) is 10.6. The van der Waals surface area contributed by atoms with Gasteiger partial charge in [-0.15, -0.1) is 0 Å². The lowest BCUT2D eigenvalue weighted by molar-refractivity contribution is 0.0697. The molecule has 1 heterocycles. The molecule has 0 saturated heterocycles. The molecule has 0 fully saturated rings. The number of nitrogens with zero attached hydrogens (tertiary/aromatic N) is 1. The van der Waals surface area contributed by atoms with Crippen molar-refractivity contribution in [2.45, 2.75) is 6.92 Å². The van der Waals surface area contributed by atoms with Crippen molar-refractivity contribution < 1.29 is 19.4 Å². The summed E-state index contributed by atoms with van der Waals surface area (Å²) in [6.07, 6.45) is 0. The second-order valence-electron chi connectivity index (χ2n) is 5.40. The number of hydrogen-bond acceptors (Lipinski definition) is 4. The van der Waals surface area contributed by atoms with Crippen molar-refractivity contribution in [1.82, 2.24) is 4.98 Å². The Hall–Kier alpha value is -3.08. The molecule has 0 aliphatic rings. The molecule has 0 radical (unpaired) electrons. The van der Waals surface area contributed by atoms with Gasteiger partial charge in [0.25, 0.3) is 0 Å². The van der Waals surface area contributed by atoms with Crippen LogP contribution in [-0.2, 0) is 0 Å². The number of carboxylic acid groups (broad SMARTS) is 1. The lowest BCUT2D eigenvalue weighted by atomic mass is 10.0. The number of aromatic nitrogens is 1. The Bertz CT molecular complexity index is 917. The number of rotatable bonds is 4. The van der Waals surface area contributed by atoms with E-state index < -0.39 is 5.97 Å². The molecule has 0 amide bonds. The quantitative estimate of drug-likeness (QED) is 0.788. The number of carboxylic acids is 1. The molecule has 24 heavy (non-hydrogen) atoms. The first kappa shape index (κ1) is 15.8. The molecular formula is C19H17NO4. The second-order valence-corrected chi connectivity index (χ2v) is 5.40. The van der Waals surface area contributed by atoms with Crippen LogP contribution >= 0.6 is 0 Å². The maximum absolute atomic E-state index is 11.0. The molecule has 3 aromatic rings. The van der Waals surface area contributed by atoms with Crippen LogP contribution in [0, 0.1) is 6.92 Å². The van der Waals surface area contributed by atoms with Crippen LogP contribution in [0.15, 0.2) is 42.5 Å². The summed E-state index contributed by atoms with van der Waals surface area (Å²) in [6.45, 7) is 1.93. The summed E-state index contributed by atoms with van der Waals surface area (Å²) in [5.74, 6) is 0.372. The molecule has 0 aliphatic carbocycles. The maximum Gasteiger partial charge on any atom is 0.335 e. The van der Waals surface area contributed by atoms with E-state index in [1.165, 1.54) is 0 Å². The highest BCUT2D eigenvalue weighted by Gasteiger charge is 2.11. The van der Waals surface area contributed by atoms with Crippen LogP contribution in [0.2, 0.25) is 0 Å². The third-order valence-corrected chi connectivity index (χ3v) is 3.95. The monoisotopic (exact) mass is 323 g/mol. The van der Waals surface area contributed by atoms with Gasteiger partial charge in [-0.2, -0.15) is 0 Å². The highest BCUT2D eigenvalue weighted by molar-refractivity contribution is 5.91. The first-order chi connectivity index (χ1) is 11.5. The second kappa shape index (κ2) is 6.20. The van der Waals surface area contributed by atoms with E-state index in [0.717, 1.165) is 27.7 Å². The van der Waals surface area contributed by atoms with Gasteiger partial charge in [0.1, 0.15) is 0 Å². The minimum absolute atomic E-state index is 0.252. The number of aryl methyl sites for hydroxylation is 1. The summed E-state index contributed by atoms with van der Waals surface area (Å²) in [7, 11) is 3.20. The lowest BCUT2D eigenvalue weighted by Gasteiger charge is -2.12. The molecule has 122 valence electrons. The average Bonchev–Trinajstić information content (AvgIpc) is 2.60. The molecule has 2 aromatic carbocycles. The summed E-state index contributed by atoms with van der Waals surface area (Å²) in [6, 6.07) is 12.5. The van der Waals surface area contributed by atoms with Crippen molar-refractivity contribution in [3.8, 4) is 22.8 Å². The number of aromatic carboxylic acids is 1. The zero-order valence-electron chi connectivity index (χ0n) is 13.7. The highest BCUT2D eigenvalue weighted by Crippen LogP contribution is 2.34. The standard InChI is InChI=1S/C19H17NO4/c1-11-15-10-18(24-3)17(23-2)9-14(15)8-16(20-11)12-4-6-13(7-5-12)19(21)22/h4-10H,1-3H3,(H,21,22). The van der Waals surface area contributed by atoms with Gasteiger partial charge >= 0.3 is 5.97 Å². The van der Waals surface area contributed by atoms with Crippen molar-refractivity contribution in [2.75, 3.05) is 14.2 Å². The smallest absolute Gasteiger partial charge is 0.335 e. The van der Waals surface area contributed by atoms with Crippen LogP contribution in [0.5, 0.6) is 11.5 Å². The molecule has 0 atom stereocenters. The van der Waals surface area contributed by atoms with E-state index in [2.05, 4.69) is 4.98 Å². The largest absolute Gasteiger partial charge is 0.493 e. The first-order valence-corrected chi connectivity index (χ1v) is 7.40. The summed E-state index contributed by atoms with van der Waals surface area (Å²) in [5, 5.41) is 11.0. The van der Waals surface area contributed by atoms with E-state index in [4.69, 9.17) is 14.6 Å². The van der Waals surface area contributed by atoms with E-state index in [9.17, 15) is 4.79 Å². The highest BCUT2D eigenvalue weighted by atomic mass is 16.5. The van der Waals surface area contributed by atoms with Crippen LogP contribution in [-0.4, -0.2) is 30.3 Å². The number of pyridine rings is 1. The average molecular weight is 323 g/mol. The van der Waals surface area contributed by atoms with E-state index in [1.54, 1.807) is 38.5 Å². The van der Waals surface area contributed by atoms with Gasteiger partial charge in [-0.05, 0) is 42.6 Å². The maximum atomic E-state index is 11.0. The number of hydrogen-bond donors (Lipinski definition) is 1. The molecule has 0 unspecified atom stereocenters. The van der Waals surface area contributed by atoms with Gasteiger partial charge < -0.3 is 14.6 Å². The predicted octanol–water partition coefficient (Wildman–Crippen LogP) is 3.93. The van der Waals surface area contributed by atoms with Gasteiger partial charge in [-0.1, -0.05) is 12.1 Å². The van der Waals surface area contributed by atoms with Gasteiger partial charge in [0, 0.05) is 16.6 Å². The Morgan fingerprint density at radius 1 is 1.00 bits per heavy atom. The number of carbonyl (C=O) groups is 1. The van der Waals surface area contributed by atoms with Crippen LogP contribution in [0.25, 0.3) is 22.0 Å². The molecule has 0 aliphatic heterocycles. The number of ether oxygens (including phenoxy) is 2. The molecule has 3 rings (SSSR count). The van der Waals surface area contributed by atoms with E-state index >= 15 is 0 Å². The van der Waals surface area contributed by atoms with Gasteiger partial charge in [0.2, 0.25) is 0 Å². The van der Waals surface area contributed by atoms with Crippen molar-refractivity contribution >= 4 is 16.7 Å². The lowest BCUT2D eigenvalue weighted by Crippen LogP contribution is -1.96. The molecule has 0 saturated carbocycles. The van der Waals surface area contributed by atoms with Crippen LogP contribution in [0.3, 0.4) is 0 Å². The number of benzene rings is 2. The summed E-state index contributed by atoms with van der Waals surface area (Å²) < 4.78 is 10.7. The SMILES string of the molecule is COc1cc2cc(-c3ccc(C(=O)O)cc3)nc(C)c2cc1OC. The predicted molar refractivity (Wildman–Crippen MR) is 92.0 cm³/mol. The Morgan fingerprint density at radius 2 is 1.62 bits per heavy atom. The fourth-order valence-corrected chi connectivity index (χ4v) is 2.68. The molecule has 1 aromatic heterocycles. The fourth-order valence-electron chi connectivity index (χ4n) is 2.68. The van der Waals surface area contributed by atoms with E-state index in [-0.39, 0.29) is 5.56 Å². The third kappa shape index (κ3) is 2.76. The van der Waals surface area contributed by atoms with Gasteiger partial charge in [-0.25, -0.2) is 4.79 Å². The minimum Gasteiger partial charge on any atom is -0.493 e.